The highest BCUT2D eigenvalue weighted by molar-refractivity contribution is 5.83. The van der Waals surface area contributed by atoms with Gasteiger partial charge in [-0.05, 0) is 131 Å². The second kappa shape index (κ2) is 19.2. The number of benzene rings is 7. The second-order valence-electron chi connectivity index (χ2n) is 14.3. The van der Waals surface area contributed by atoms with Crippen molar-refractivity contribution in [2.75, 3.05) is 26.2 Å². The monoisotopic (exact) mass is 771 g/mol. The van der Waals surface area contributed by atoms with Crippen molar-refractivity contribution in [2.45, 2.75) is 13.8 Å². The Morgan fingerprint density at radius 3 is 0.932 bits per heavy atom. The SMILES string of the molecule is COc1ccc(C(=CC=Cc2ccc(N(c3ccc(C=CC=C(c4ccc(C)cc4)c4ccc(OC)cc4)cc3)c3ccc(OC)cc3)cc2)c2ccc(C)cc2)cc1. The number of hydrogen-bond donors (Lipinski definition) is 0. The maximum atomic E-state index is 5.49. The molecule has 7 rings (SSSR count). The van der Waals surface area contributed by atoms with Crippen LogP contribution in [0.4, 0.5) is 17.1 Å². The fourth-order valence-electron chi connectivity index (χ4n) is 6.88. The molecule has 0 aliphatic carbocycles. The molecule has 0 heterocycles. The molecule has 4 heteroatoms. The predicted molar refractivity (Wildman–Crippen MR) is 248 cm³/mol. The molecular weight excluding hydrogens is 723 g/mol. The molecule has 0 radical (unpaired) electrons. The van der Waals surface area contributed by atoms with Gasteiger partial charge in [-0.3, -0.25) is 0 Å². The van der Waals surface area contributed by atoms with E-state index in [0.29, 0.717) is 0 Å². The molecule has 0 N–H and O–H groups in total. The normalized spacial score (nSPS) is 11.9. The molecule has 0 fully saturated rings. The van der Waals surface area contributed by atoms with Crippen LogP contribution in [-0.2, 0) is 0 Å². The molecule has 7 aromatic carbocycles. The molecule has 0 aromatic heterocycles. The van der Waals surface area contributed by atoms with E-state index in [9.17, 15) is 0 Å². The summed E-state index contributed by atoms with van der Waals surface area (Å²) in [5.74, 6) is 2.49. The first-order valence-electron chi connectivity index (χ1n) is 19.7. The average molecular weight is 772 g/mol. The molecule has 4 nitrogen and oxygen atoms in total. The van der Waals surface area contributed by atoms with Crippen LogP contribution >= 0.6 is 0 Å². The number of aryl methyl sites for hydroxylation is 2. The zero-order valence-electron chi connectivity index (χ0n) is 34.3. The second-order valence-corrected chi connectivity index (χ2v) is 14.3. The number of nitrogens with zero attached hydrogens (tertiary/aromatic N) is 1. The molecule has 0 spiro atoms. The third-order valence-corrected chi connectivity index (χ3v) is 10.3. The van der Waals surface area contributed by atoms with Gasteiger partial charge in [0.05, 0.1) is 21.3 Å². The van der Waals surface area contributed by atoms with Crippen LogP contribution in [0.3, 0.4) is 0 Å². The minimum Gasteiger partial charge on any atom is -0.497 e. The smallest absolute Gasteiger partial charge is 0.119 e. The van der Waals surface area contributed by atoms with Gasteiger partial charge in [0, 0.05) is 17.1 Å². The van der Waals surface area contributed by atoms with Crippen LogP contribution in [0.5, 0.6) is 17.2 Å². The Morgan fingerprint density at radius 1 is 0.356 bits per heavy atom. The zero-order chi connectivity index (χ0) is 41.0. The fourth-order valence-corrected chi connectivity index (χ4v) is 6.88. The number of allylic oxidation sites excluding steroid dienone is 4. The maximum absolute atomic E-state index is 5.49. The Bertz CT molecular complexity index is 2380. The molecule has 0 atom stereocenters. The van der Waals surface area contributed by atoms with Crippen molar-refractivity contribution < 1.29 is 14.2 Å². The molecule has 0 saturated heterocycles. The van der Waals surface area contributed by atoms with Gasteiger partial charge in [-0.1, -0.05) is 145 Å². The van der Waals surface area contributed by atoms with E-state index in [4.69, 9.17) is 14.2 Å². The van der Waals surface area contributed by atoms with Gasteiger partial charge in [-0.15, -0.1) is 0 Å². The first kappa shape index (κ1) is 39.9. The zero-order valence-corrected chi connectivity index (χ0v) is 34.3. The Balaban J connectivity index is 1.15. The maximum Gasteiger partial charge on any atom is 0.119 e. The number of ether oxygens (including phenoxy) is 3. The molecule has 0 saturated carbocycles. The van der Waals surface area contributed by atoms with Gasteiger partial charge in [-0.2, -0.15) is 0 Å². The lowest BCUT2D eigenvalue weighted by Gasteiger charge is -2.26. The van der Waals surface area contributed by atoms with Crippen LogP contribution < -0.4 is 19.1 Å². The minimum absolute atomic E-state index is 0.815. The average Bonchev–Trinajstić information content (AvgIpc) is 3.29. The van der Waals surface area contributed by atoms with Crippen LogP contribution in [0.25, 0.3) is 23.3 Å². The first-order chi connectivity index (χ1) is 28.9. The highest BCUT2D eigenvalue weighted by Gasteiger charge is 2.13. The van der Waals surface area contributed by atoms with Gasteiger partial charge in [0.1, 0.15) is 17.2 Å². The molecule has 292 valence electrons. The lowest BCUT2D eigenvalue weighted by molar-refractivity contribution is 0.414. The van der Waals surface area contributed by atoms with Crippen LogP contribution in [0.2, 0.25) is 0 Å². The van der Waals surface area contributed by atoms with Crippen molar-refractivity contribution in [1.82, 2.24) is 0 Å². The molecule has 0 unspecified atom stereocenters. The standard InChI is InChI=1S/C55H49NO3/c1-40-12-20-44(21-13-40)54(46-24-34-51(57-3)35-25-46)10-6-8-42-16-28-48(29-17-42)56(50-32-38-53(59-5)39-33-50)49-30-18-43(19-31-49)9-7-11-55(45-22-14-41(2)15-23-45)47-26-36-52(58-4)37-27-47/h6-39H,1-5H3. The summed E-state index contributed by atoms with van der Waals surface area (Å²) in [6.45, 7) is 4.22. The van der Waals surface area contributed by atoms with Gasteiger partial charge >= 0.3 is 0 Å². The van der Waals surface area contributed by atoms with E-state index in [1.165, 1.54) is 11.1 Å². The van der Waals surface area contributed by atoms with Gasteiger partial charge in [-0.25, -0.2) is 0 Å². The molecule has 0 amide bonds. The Hall–Kier alpha value is -7.30. The number of rotatable bonds is 14. The first-order valence-corrected chi connectivity index (χ1v) is 19.7. The van der Waals surface area contributed by atoms with E-state index in [2.05, 4.69) is 189 Å². The van der Waals surface area contributed by atoms with Crippen LogP contribution in [0, 0.1) is 13.8 Å². The van der Waals surface area contributed by atoms with E-state index >= 15 is 0 Å². The van der Waals surface area contributed by atoms with E-state index < -0.39 is 0 Å². The highest BCUT2D eigenvalue weighted by Crippen LogP contribution is 2.36. The van der Waals surface area contributed by atoms with Gasteiger partial charge in [0.25, 0.3) is 0 Å². The highest BCUT2D eigenvalue weighted by atomic mass is 16.5. The van der Waals surface area contributed by atoms with Gasteiger partial charge in [0.15, 0.2) is 0 Å². The molecule has 0 aliphatic heterocycles. The van der Waals surface area contributed by atoms with Crippen LogP contribution in [0.15, 0.2) is 194 Å². The predicted octanol–water partition coefficient (Wildman–Crippen LogP) is 14.1. The molecule has 7 aromatic rings. The van der Waals surface area contributed by atoms with Gasteiger partial charge < -0.3 is 19.1 Å². The number of hydrogen-bond acceptors (Lipinski definition) is 4. The summed E-state index contributed by atoms with van der Waals surface area (Å²) < 4.78 is 16.3. The summed E-state index contributed by atoms with van der Waals surface area (Å²) in [6, 6.07) is 59.2. The molecular formula is C55H49NO3. The van der Waals surface area contributed by atoms with Crippen LogP contribution in [-0.4, -0.2) is 21.3 Å². The Kier molecular flexibility index (Phi) is 13.0. The fraction of sp³-hybridized carbons (Fsp3) is 0.0909. The topological polar surface area (TPSA) is 30.9 Å². The van der Waals surface area contributed by atoms with Crippen molar-refractivity contribution in [3.63, 3.8) is 0 Å². The van der Waals surface area contributed by atoms with E-state index in [0.717, 1.165) is 78.8 Å². The summed E-state index contributed by atoms with van der Waals surface area (Å²) in [6.07, 6.45) is 12.9. The van der Waals surface area contributed by atoms with E-state index in [-0.39, 0.29) is 0 Å². The summed E-state index contributed by atoms with van der Waals surface area (Å²) >= 11 is 0. The van der Waals surface area contributed by atoms with Crippen molar-refractivity contribution in [3.05, 3.63) is 239 Å². The number of methoxy groups -OCH3 is 3. The lowest BCUT2D eigenvalue weighted by Crippen LogP contribution is -2.09. The molecule has 0 bridgehead atoms. The van der Waals surface area contributed by atoms with E-state index in [1.54, 1.807) is 21.3 Å². The van der Waals surface area contributed by atoms with E-state index in [1.807, 2.05) is 36.4 Å². The molecule has 0 aliphatic rings. The van der Waals surface area contributed by atoms with Crippen molar-refractivity contribution in [1.29, 1.82) is 0 Å². The van der Waals surface area contributed by atoms with Gasteiger partial charge in [0.2, 0.25) is 0 Å². The van der Waals surface area contributed by atoms with Crippen molar-refractivity contribution in [2.24, 2.45) is 0 Å². The summed E-state index contributed by atoms with van der Waals surface area (Å²) in [4.78, 5) is 2.26. The van der Waals surface area contributed by atoms with Crippen molar-refractivity contribution >= 4 is 40.4 Å². The lowest BCUT2D eigenvalue weighted by atomic mass is 9.96. The Morgan fingerprint density at radius 2 is 0.627 bits per heavy atom. The number of anilines is 3. The summed E-state index contributed by atoms with van der Waals surface area (Å²) in [5, 5.41) is 0. The summed E-state index contributed by atoms with van der Waals surface area (Å²) in [7, 11) is 5.08. The molecule has 59 heavy (non-hydrogen) atoms. The quantitative estimate of drug-likeness (QED) is 0.103. The summed E-state index contributed by atoms with van der Waals surface area (Å²) in [5.41, 5.74) is 14.7. The third-order valence-electron chi connectivity index (χ3n) is 10.3. The minimum atomic E-state index is 0.815. The van der Waals surface area contributed by atoms with Crippen molar-refractivity contribution in [3.8, 4) is 17.2 Å². The third kappa shape index (κ3) is 10.2. The van der Waals surface area contributed by atoms with Crippen LogP contribution in [0.1, 0.15) is 44.5 Å². The Labute approximate surface area is 349 Å². The largest absolute Gasteiger partial charge is 0.497 e.